The quantitative estimate of drug-likeness (QED) is 0.686. The van der Waals surface area contributed by atoms with Gasteiger partial charge < -0.3 is 10.8 Å². The van der Waals surface area contributed by atoms with Crippen molar-refractivity contribution in [3.8, 4) is 6.07 Å². The van der Waals surface area contributed by atoms with Crippen LogP contribution in [0.4, 0.5) is 0 Å². The van der Waals surface area contributed by atoms with Crippen LogP contribution in [0.2, 0.25) is 0 Å². The van der Waals surface area contributed by atoms with E-state index in [1.807, 2.05) is 13.8 Å². The smallest absolute Gasteiger partial charge is 0.0866 e. The van der Waals surface area contributed by atoms with Crippen LogP contribution in [0.3, 0.4) is 0 Å². The number of likely N-dealkylation sites (tertiary alicyclic amines) is 1. The SMILES string of the molecule is CC(C)C(O)CC1CC(N)CN(CC#N)C1. The lowest BCUT2D eigenvalue weighted by molar-refractivity contribution is 0.0696. The van der Waals surface area contributed by atoms with Crippen LogP contribution in [-0.4, -0.2) is 41.8 Å². The molecule has 0 aromatic rings. The number of aliphatic hydroxyl groups excluding tert-OH is 1. The summed E-state index contributed by atoms with van der Waals surface area (Å²) >= 11 is 0. The molecule has 0 saturated carbocycles. The molecule has 1 fully saturated rings. The highest BCUT2D eigenvalue weighted by atomic mass is 16.3. The summed E-state index contributed by atoms with van der Waals surface area (Å²) in [4.78, 5) is 2.09. The summed E-state index contributed by atoms with van der Waals surface area (Å²) in [5, 5.41) is 18.5. The summed E-state index contributed by atoms with van der Waals surface area (Å²) in [6.07, 6.45) is 1.51. The largest absolute Gasteiger partial charge is 0.393 e. The minimum Gasteiger partial charge on any atom is -0.393 e. The Morgan fingerprint density at radius 1 is 1.50 bits per heavy atom. The third-order valence-corrected chi connectivity index (χ3v) is 3.28. The lowest BCUT2D eigenvalue weighted by Gasteiger charge is -2.36. The third kappa shape index (κ3) is 4.09. The van der Waals surface area contributed by atoms with E-state index in [1.54, 1.807) is 0 Å². The van der Waals surface area contributed by atoms with Gasteiger partial charge in [0.15, 0.2) is 0 Å². The molecule has 0 aromatic heterocycles. The van der Waals surface area contributed by atoms with E-state index in [0.29, 0.717) is 18.4 Å². The normalized spacial score (nSPS) is 29.0. The Kier molecular flexibility index (Phi) is 5.20. The third-order valence-electron chi connectivity index (χ3n) is 3.28. The number of nitriles is 1. The summed E-state index contributed by atoms with van der Waals surface area (Å²) in [6.45, 7) is 6.20. The Morgan fingerprint density at radius 3 is 2.75 bits per heavy atom. The first-order valence-electron chi connectivity index (χ1n) is 6.05. The number of piperidine rings is 1. The van der Waals surface area contributed by atoms with Crippen LogP contribution in [0.25, 0.3) is 0 Å². The topological polar surface area (TPSA) is 73.3 Å². The highest BCUT2D eigenvalue weighted by Crippen LogP contribution is 2.22. The van der Waals surface area contributed by atoms with Crippen molar-refractivity contribution in [3.05, 3.63) is 0 Å². The zero-order chi connectivity index (χ0) is 12.1. The molecule has 3 unspecified atom stereocenters. The molecule has 3 atom stereocenters. The van der Waals surface area contributed by atoms with Crippen molar-refractivity contribution < 1.29 is 5.11 Å². The molecule has 16 heavy (non-hydrogen) atoms. The van der Waals surface area contributed by atoms with Crippen LogP contribution in [0.15, 0.2) is 0 Å². The second-order valence-corrected chi connectivity index (χ2v) is 5.26. The van der Waals surface area contributed by atoms with E-state index in [0.717, 1.165) is 25.9 Å². The van der Waals surface area contributed by atoms with Crippen molar-refractivity contribution >= 4 is 0 Å². The fourth-order valence-corrected chi connectivity index (χ4v) is 2.36. The van der Waals surface area contributed by atoms with Crippen LogP contribution in [0.1, 0.15) is 26.7 Å². The number of nitrogens with two attached hydrogens (primary N) is 1. The van der Waals surface area contributed by atoms with Gasteiger partial charge in [-0.3, -0.25) is 4.90 Å². The monoisotopic (exact) mass is 225 g/mol. The highest BCUT2D eigenvalue weighted by Gasteiger charge is 2.27. The van der Waals surface area contributed by atoms with Crippen molar-refractivity contribution in [1.82, 2.24) is 4.90 Å². The molecule has 4 nitrogen and oxygen atoms in total. The molecule has 4 heteroatoms. The molecular formula is C12H23N3O. The molecule has 0 bridgehead atoms. The second-order valence-electron chi connectivity index (χ2n) is 5.26. The lowest BCUT2D eigenvalue weighted by Crippen LogP contribution is -2.47. The van der Waals surface area contributed by atoms with E-state index in [4.69, 9.17) is 11.0 Å². The van der Waals surface area contributed by atoms with E-state index in [9.17, 15) is 5.11 Å². The first kappa shape index (κ1) is 13.4. The zero-order valence-electron chi connectivity index (χ0n) is 10.3. The van der Waals surface area contributed by atoms with Gasteiger partial charge in [-0.15, -0.1) is 0 Å². The van der Waals surface area contributed by atoms with Gasteiger partial charge in [0.2, 0.25) is 0 Å². The fraction of sp³-hybridized carbons (Fsp3) is 0.917. The van der Waals surface area contributed by atoms with E-state index >= 15 is 0 Å². The molecular weight excluding hydrogens is 202 g/mol. The second kappa shape index (κ2) is 6.19. The molecule has 1 aliphatic rings. The van der Waals surface area contributed by atoms with Gasteiger partial charge in [-0.25, -0.2) is 0 Å². The molecule has 1 aliphatic heterocycles. The predicted molar refractivity (Wildman–Crippen MR) is 63.6 cm³/mol. The van der Waals surface area contributed by atoms with Crippen molar-refractivity contribution in [1.29, 1.82) is 5.26 Å². The van der Waals surface area contributed by atoms with Crippen LogP contribution in [-0.2, 0) is 0 Å². The molecule has 0 aliphatic carbocycles. The van der Waals surface area contributed by atoms with Crippen LogP contribution >= 0.6 is 0 Å². The maximum atomic E-state index is 9.86. The average molecular weight is 225 g/mol. The van der Waals surface area contributed by atoms with Gasteiger partial charge in [0.05, 0.1) is 18.7 Å². The lowest BCUT2D eigenvalue weighted by atomic mass is 9.87. The first-order valence-corrected chi connectivity index (χ1v) is 6.05. The predicted octanol–water partition coefficient (Wildman–Crippen LogP) is 0.566. The van der Waals surface area contributed by atoms with Crippen molar-refractivity contribution in [2.45, 2.75) is 38.8 Å². The molecule has 1 rings (SSSR count). The van der Waals surface area contributed by atoms with E-state index < -0.39 is 0 Å². The number of aliphatic hydroxyl groups is 1. The van der Waals surface area contributed by atoms with Crippen molar-refractivity contribution in [2.75, 3.05) is 19.6 Å². The summed E-state index contributed by atoms with van der Waals surface area (Å²) in [5.41, 5.74) is 5.96. The minimum absolute atomic E-state index is 0.145. The molecule has 0 spiro atoms. The van der Waals surface area contributed by atoms with Gasteiger partial charge in [-0.1, -0.05) is 13.8 Å². The van der Waals surface area contributed by atoms with Crippen LogP contribution < -0.4 is 5.73 Å². The summed E-state index contributed by atoms with van der Waals surface area (Å²) in [7, 11) is 0. The molecule has 0 aromatic carbocycles. The van der Waals surface area contributed by atoms with Crippen LogP contribution in [0.5, 0.6) is 0 Å². The minimum atomic E-state index is -0.251. The first-order chi connectivity index (χ1) is 7.52. The average Bonchev–Trinajstić information content (AvgIpc) is 2.16. The Labute approximate surface area is 98.0 Å². The summed E-state index contributed by atoms with van der Waals surface area (Å²) in [6, 6.07) is 2.31. The Hall–Kier alpha value is -0.630. The van der Waals surface area contributed by atoms with Crippen molar-refractivity contribution in [2.24, 2.45) is 17.6 Å². The van der Waals surface area contributed by atoms with Gasteiger partial charge in [0.25, 0.3) is 0 Å². The molecule has 1 saturated heterocycles. The summed E-state index contributed by atoms with van der Waals surface area (Å²) in [5.74, 6) is 0.720. The molecule has 92 valence electrons. The zero-order valence-corrected chi connectivity index (χ0v) is 10.3. The number of nitrogens with zero attached hydrogens (tertiary/aromatic N) is 2. The number of rotatable bonds is 4. The molecule has 0 amide bonds. The van der Waals surface area contributed by atoms with Gasteiger partial charge in [-0.05, 0) is 24.7 Å². The molecule has 0 radical (unpaired) electrons. The number of hydrogen-bond acceptors (Lipinski definition) is 4. The Balaban J connectivity index is 2.44. The Morgan fingerprint density at radius 2 is 2.19 bits per heavy atom. The maximum absolute atomic E-state index is 9.86. The fourth-order valence-electron chi connectivity index (χ4n) is 2.36. The standard InChI is InChI=1S/C12H23N3O/c1-9(2)12(16)6-10-5-11(14)8-15(7-10)4-3-13/h9-12,16H,4-8,14H2,1-2H3. The Bertz CT molecular complexity index is 249. The van der Waals surface area contributed by atoms with E-state index in [2.05, 4.69) is 11.0 Å². The summed E-state index contributed by atoms with van der Waals surface area (Å²) < 4.78 is 0. The van der Waals surface area contributed by atoms with Gasteiger partial charge in [0.1, 0.15) is 0 Å². The van der Waals surface area contributed by atoms with Gasteiger partial charge in [0, 0.05) is 19.1 Å². The van der Waals surface area contributed by atoms with Gasteiger partial charge >= 0.3 is 0 Å². The van der Waals surface area contributed by atoms with Gasteiger partial charge in [-0.2, -0.15) is 5.26 Å². The van der Waals surface area contributed by atoms with Crippen molar-refractivity contribution in [3.63, 3.8) is 0 Å². The molecule has 1 heterocycles. The molecule has 3 N–H and O–H groups in total. The maximum Gasteiger partial charge on any atom is 0.0866 e. The van der Waals surface area contributed by atoms with E-state index in [-0.39, 0.29) is 12.1 Å². The van der Waals surface area contributed by atoms with E-state index in [1.165, 1.54) is 0 Å². The number of hydrogen-bond donors (Lipinski definition) is 2. The van der Waals surface area contributed by atoms with Crippen LogP contribution in [0, 0.1) is 23.2 Å². The highest BCUT2D eigenvalue weighted by molar-refractivity contribution is 4.87.